The van der Waals surface area contributed by atoms with Crippen molar-refractivity contribution in [3.05, 3.63) is 83.6 Å². The van der Waals surface area contributed by atoms with Crippen LogP contribution in [-0.2, 0) is 78.5 Å². The van der Waals surface area contributed by atoms with E-state index >= 15 is 0 Å². The first-order valence-corrected chi connectivity index (χ1v) is 29.8. The van der Waals surface area contributed by atoms with Gasteiger partial charge in [0.05, 0.1) is 65.5 Å². The highest BCUT2D eigenvalue weighted by Gasteiger charge is 2.49. The molecule has 4 rings (SSSR count). The zero-order valence-corrected chi connectivity index (χ0v) is 41.8. The molecule has 2 aromatic carbocycles. The number of anilines is 1. The lowest BCUT2D eigenvalue weighted by Crippen LogP contribution is -2.32. The molecule has 65 heavy (non-hydrogen) atoms. The van der Waals surface area contributed by atoms with Gasteiger partial charge in [0.25, 0.3) is 40.5 Å². The number of rotatable bonds is 25. The fourth-order valence-electron chi connectivity index (χ4n) is 7.65. The molecule has 0 bridgehead atoms. The van der Waals surface area contributed by atoms with Crippen LogP contribution in [-0.4, -0.2) is 127 Å². The third-order valence-electron chi connectivity index (χ3n) is 11.0. The molecular weight excluding hydrogens is 975 g/mol. The lowest BCUT2D eigenvalue weighted by Gasteiger charge is -2.30. The van der Waals surface area contributed by atoms with Gasteiger partial charge in [-0.1, -0.05) is 32.1 Å². The van der Waals surface area contributed by atoms with E-state index in [9.17, 15) is 61.0 Å². The van der Waals surface area contributed by atoms with Crippen molar-refractivity contribution in [3.8, 4) is 0 Å². The summed E-state index contributed by atoms with van der Waals surface area (Å²) in [6.45, 7) is 5.86. The van der Waals surface area contributed by atoms with Crippen LogP contribution in [0, 0.1) is 0 Å². The van der Waals surface area contributed by atoms with Gasteiger partial charge < -0.3 is 23.0 Å². The molecule has 4 N–H and O–H groups in total. The minimum absolute atomic E-state index is 0.0117. The summed E-state index contributed by atoms with van der Waals surface area (Å²) in [5, 5.41) is 0. The van der Waals surface area contributed by atoms with E-state index in [-0.39, 0.29) is 48.2 Å². The molecule has 2 aliphatic rings. The quantitative estimate of drug-likeness (QED) is 0.0362. The third kappa shape index (κ3) is 14.1. The average Bonchev–Trinajstić information content (AvgIpc) is 3.54. The van der Waals surface area contributed by atoms with E-state index < -0.39 is 91.2 Å². The highest BCUT2D eigenvalue weighted by Crippen LogP contribution is 2.56. The van der Waals surface area contributed by atoms with Crippen molar-refractivity contribution in [3.63, 3.8) is 0 Å². The standard InChI is InChI=1S/C39H56N2O18P2S4/c1-7-20-56-60(42,58-22-26-62(44,45)46)24-18-38(3)32-28-30(64(50,51)52)14-16-34(32)40(5)36(38)12-10-9-11-13-37-39(4,33-29-31(65(53,54)55)15-17-35(33)41(37)6)19-25-61(43,57-21-8-2)59-23-27-63(47,48)49/h9-17,28-29H,7-8,18-27H2,1-6H3,(H3-,44,45,46,47,48,49,50,51,52,53,54,55)/p+1. The normalized spacial score (nSPS) is 21.9. The minimum Gasteiger partial charge on any atom is -0.347 e. The average molecular weight is 1030 g/mol. The second-order valence-corrected chi connectivity index (χ2v) is 26.2. The zero-order valence-electron chi connectivity index (χ0n) is 36.8. The summed E-state index contributed by atoms with van der Waals surface area (Å²) in [5.41, 5.74) is 0.980. The van der Waals surface area contributed by atoms with Gasteiger partial charge in [0.15, 0.2) is 5.71 Å². The molecule has 4 atom stereocenters. The predicted molar refractivity (Wildman–Crippen MR) is 244 cm³/mol. The Balaban J connectivity index is 1.74. The summed E-state index contributed by atoms with van der Waals surface area (Å²) in [6.07, 6.45) is 8.89. The Kier molecular flexibility index (Phi) is 17.8. The first-order valence-electron chi connectivity index (χ1n) is 20.2. The van der Waals surface area contributed by atoms with Crippen LogP contribution in [0.15, 0.2) is 82.3 Å². The van der Waals surface area contributed by atoms with Gasteiger partial charge in [-0.25, -0.2) is 0 Å². The highest BCUT2D eigenvalue weighted by molar-refractivity contribution is 7.86. The lowest BCUT2D eigenvalue weighted by atomic mass is 9.77. The van der Waals surface area contributed by atoms with Crippen LogP contribution < -0.4 is 4.90 Å². The van der Waals surface area contributed by atoms with Crippen LogP contribution in [0.1, 0.15) is 64.5 Å². The van der Waals surface area contributed by atoms with E-state index in [2.05, 4.69) is 0 Å². The number of allylic oxidation sites excluding steroid dienone is 6. The van der Waals surface area contributed by atoms with Crippen LogP contribution in [0.5, 0.6) is 0 Å². The van der Waals surface area contributed by atoms with Gasteiger partial charge in [0, 0.05) is 41.6 Å². The second-order valence-electron chi connectivity index (χ2n) is 15.8. The zero-order chi connectivity index (χ0) is 48.9. The van der Waals surface area contributed by atoms with Crippen LogP contribution >= 0.6 is 15.2 Å². The Hall–Kier alpha value is -2.93. The van der Waals surface area contributed by atoms with Gasteiger partial charge in [-0.15, -0.1) is 0 Å². The number of likely N-dealkylation sites (N-methyl/N-ethyl adjacent to an activating group) is 1. The molecule has 2 aliphatic heterocycles. The van der Waals surface area contributed by atoms with Gasteiger partial charge >= 0.3 is 15.2 Å². The van der Waals surface area contributed by atoms with Gasteiger partial charge in [0.2, 0.25) is 5.69 Å². The van der Waals surface area contributed by atoms with Crippen molar-refractivity contribution in [2.45, 2.75) is 74.0 Å². The Morgan fingerprint density at radius 3 is 1.60 bits per heavy atom. The van der Waals surface area contributed by atoms with E-state index in [1.807, 2.05) is 0 Å². The molecule has 20 nitrogen and oxygen atoms in total. The van der Waals surface area contributed by atoms with E-state index in [0.29, 0.717) is 46.8 Å². The fourth-order valence-corrected chi connectivity index (χ4v) is 13.3. The van der Waals surface area contributed by atoms with Crippen LogP contribution in [0.2, 0.25) is 0 Å². The molecule has 4 unspecified atom stereocenters. The van der Waals surface area contributed by atoms with Crippen molar-refractivity contribution in [2.24, 2.45) is 0 Å². The van der Waals surface area contributed by atoms with Gasteiger partial charge in [0.1, 0.15) is 7.05 Å². The number of hydrogen-bond donors (Lipinski definition) is 4. The molecule has 26 heteroatoms. The molecular formula is C39H57N2O18P2S4+. The first-order chi connectivity index (χ1) is 29.9. The minimum atomic E-state index is -4.65. The summed E-state index contributed by atoms with van der Waals surface area (Å²) in [7, 11) is -22.7. The van der Waals surface area contributed by atoms with E-state index in [1.54, 1.807) is 81.6 Å². The van der Waals surface area contributed by atoms with Gasteiger partial charge in [-0.2, -0.15) is 38.2 Å². The Morgan fingerprint density at radius 2 is 1.12 bits per heavy atom. The maximum atomic E-state index is 13.9. The molecule has 2 heterocycles. The summed E-state index contributed by atoms with van der Waals surface area (Å²) < 4.78 is 185. The Labute approximate surface area is 381 Å². The second kappa shape index (κ2) is 21.2. The smallest absolute Gasteiger partial charge is 0.330 e. The van der Waals surface area contributed by atoms with E-state index in [1.165, 1.54) is 36.4 Å². The molecule has 0 spiro atoms. The van der Waals surface area contributed by atoms with Crippen LogP contribution in [0.4, 0.5) is 11.4 Å². The molecule has 0 aliphatic carbocycles. The van der Waals surface area contributed by atoms with Crippen molar-refractivity contribution >= 4 is 72.8 Å². The number of benzene rings is 2. The van der Waals surface area contributed by atoms with E-state index in [4.69, 9.17) is 18.1 Å². The SMILES string of the molecule is CCCOP(=O)(CCC1(C)C(=CC=CC=CC2=[N+](C)c3ccc(S(=O)(=O)O)cc3C2(C)CCP(=O)(OCCC)OCCS(=O)(=O)O)N(C)c2ccc(S(=O)(=O)O)cc21)OCCS(=O)(=O)O. The van der Waals surface area contributed by atoms with Gasteiger partial charge in [-0.3, -0.25) is 27.3 Å². The predicted octanol–water partition coefficient (Wildman–Crippen LogP) is 6.40. The number of fused-ring (bicyclic) bond motifs is 2. The van der Waals surface area contributed by atoms with Crippen molar-refractivity contribution in [1.82, 2.24) is 0 Å². The van der Waals surface area contributed by atoms with Gasteiger partial charge in [-0.05, 0) is 81.5 Å². The number of nitrogens with zero attached hydrogens (tertiary/aromatic N) is 2. The summed E-state index contributed by atoms with van der Waals surface area (Å²) >= 11 is 0. The first kappa shape index (κ1) is 54.7. The van der Waals surface area contributed by atoms with E-state index in [0.717, 1.165) is 0 Å². The monoisotopic (exact) mass is 1030 g/mol. The molecule has 0 amide bonds. The number of hydrogen-bond acceptors (Lipinski definition) is 15. The topological polar surface area (TPSA) is 295 Å². The van der Waals surface area contributed by atoms with Crippen molar-refractivity contribution < 1.29 is 83.7 Å². The lowest BCUT2D eigenvalue weighted by molar-refractivity contribution is -0.401. The molecule has 0 aromatic heterocycles. The summed E-state index contributed by atoms with van der Waals surface area (Å²) in [5.74, 6) is -1.66. The van der Waals surface area contributed by atoms with Crippen LogP contribution in [0.25, 0.3) is 0 Å². The molecule has 2 aromatic rings. The largest absolute Gasteiger partial charge is 0.347 e. The maximum Gasteiger partial charge on any atom is 0.330 e. The molecule has 0 radical (unpaired) electrons. The fraction of sp³-hybridized carbons (Fsp3) is 0.513. The molecule has 364 valence electrons. The Morgan fingerprint density at radius 1 is 0.662 bits per heavy atom. The van der Waals surface area contributed by atoms with Crippen molar-refractivity contribution in [2.75, 3.05) is 69.3 Å². The maximum absolute atomic E-state index is 13.9. The van der Waals surface area contributed by atoms with Crippen LogP contribution in [0.3, 0.4) is 0 Å². The molecule has 0 fully saturated rings. The Bertz CT molecular complexity index is 2790. The third-order valence-corrected chi connectivity index (χ3v) is 18.0. The highest BCUT2D eigenvalue weighted by atomic mass is 32.2. The molecule has 0 saturated heterocycles. The molecule has 0 saturated carbocycles. The summed E-state index contributed by atoms with van der Waals surface area (Å²) in [6, 6.07) is 8.14. The summed E-state index contributed by atoms with van der Waals surface area (Å²) in [4.78, 5) is 1.02. The van der Waals surface area contributed by atoms with Crippen molar-refractivity contribution in [1.29, 1.82) is 0 Å².